The molecule has 0 aromatic heterocycles. The van der Waals surface area contributed by atoms with Crippen molar-refractivity contribution in [3.63, 3.8) is 0 Å². The standard InChI is InChI=1S/C28H39N3O4/c32-25-11-7-14-29(25)15-8-16-30-18-23(35-21-22-9-3-1-4-10-22)19-31(20-26(30)33)27(34)24-17-28(24)12-5-2-6-13-28/h1,3-4,9-10,23-24H,2,5-8,11-21H2/t23-,24+/m1/s1. The van der Waals surface area contributed by atoms with Gasteiger partial charge in [-0.05, 0) is 43.1 Å². The van der Waals surface area contributed by atoms with Gasteiger partial charge in [0.2, 0.25) is 17.7 Å². The molecule has 0 bridgehead atoms. The Balaban J connectivity index is 1.23. The molecule has 7 nitrogen and oxygen atoms in total. The largest absolute Gasteiger partial charge is 0.370 e. The molecule has 2 heterocycles. The van der Waals surface area contributed by atoms with E-state index in [0.717, 1.165) is 44.2 Å². The van der Waals surface area contributed by atoms with Crippen molar-refractivity contribution < 1.29 is 19.1 Å². The lowest BCUT2D eigenvalue weighted by Gasteiger charge is -2.27. The topological polar surface area (TPSA) is 70.2 Å². The first-order valence-corrected chi connectivity index (χ1v) is 13.5. The average molecular weight is 482 g/mol. The first kappa shape index (κ1) is 24.3. The fourth-order valence-electron chi connectivity index (χ4n) is 6.38. The van der Waals surface area contributed by atoms with E-state index in [4.69, 9.17) is 4.74 Å². The van der Waals surface area contributed by atoms with Crippen molar-refractivity contribution in [2.75, 3.05) is 39.3 Å². The summed E-state index contributed by atoms with van der Waals surface area (Å²) in [6, 6.07) is 10.0. The fraction of sp³-hybridized carbons (Fsp3) is 0.679. The highest BCUT2D eigenvalue weighted by molar-refractivity contribution is 5.88. The molecule has 7 heteroatoms. The summed E-state index contributed by atoms with van der Waals surface area (Å²) < 4.78 is 6.29. The lowest BCUT2D eigenvalue weighted by atomic mass is 9.84. The minimum Gasteiger partial charge on any atom is -0.370 e. The summed E-state index contributed by atoms with van der Waals surface area (Å²) in [5, 5.41) is 0. The lowest BCUT2D eigenvalue weighted by Crippen LogP contribution is -2.41. The fourth-order valence-corrected chi connectivity index (χ4v) is 6.38. The smallest absolute Gasteiger partial charge is 0.242 e. The number of rotatable bonds is 8. The molecule has 1 aromatic rings. The van der Waals surface area contributed by atoms with E-state index >= 15 is 0 Å². The Morgan fingerprint density at radius 1 is 0.943 bits per heavy atom. The summed E-state index contributed by atoms with van der Waals surface area (Å²) in [6.07, 6.45) is 9.10. The van der Waals surface area contributed by atoms with Crippen LogP contribution in [0.15, 0.2) is 30.3 Å². The molecule has 2 atom stereocenters. The molecule has 4 fully saturated rings. The van der Waals surface area contributed by atoms with Crippen LogP contribution in [0.25, 0.3) is 0 Å². The van der Waals surface area contributed by atoms with Crippen LogP contribution in [0.3, 0.4) is 0 Å². The van der Waals surface area contributed by atoms with E-state index in [1.165, 1.54) is 19.3 Å². The van der Waals surface area contributed by atoms with Crippen LogP contribution in [0, 0.1) is 11.3 Å². The number of hydrogen-bond acceptors (Lipinski definition) is 4. The number of carbonyl (C=O) groups is 3. The maximum absolute atomic E-state index is 13.5. The second-order valence-electron chi connectivity index (χ2n) is 11.0. The molecule has 0 unspecified atom stereocenters. The van der Waals surface area contributed by atoms with Crippen LogP contribution in [0.1, 0.15) is 63.4 Å². The maximum Gasteiger partial charge on any atom is 0.242 e. The molecule has 2 saturated carbocycles. The van der Waals surface area contributed by atoms with Crippen molar-refractivity contribution in [1.29, 1.82) is 0 Å². The van der Waals surface area contributed by atoms with Crippen molar-refractivity contribution in [1.82, 2.24) is 14.7 Å². The molecule has 1 aromatic carbocycles. The Bertz CT molecular complexity index is 914. The molecule has 2 saturated heterocycles. The second-order valence-corrected chi connectivity index (χ2v) is 11.0. The van der Waals surface area contributed by atoms with Crippen LogP contribution in [0.2, 0.25) is 0 Å². The third kappa shape index (κ3) is 5.71. The molecular weight excluding hydrogens is 442 g/mol. The Labute approximate surface area is 208 Å². The second kappa shape index (κ2) is 10.7. The van der Waals surface area contributed by atoms with E-state index in [1.807, 2.05) is 40.1 Å². The zero-order valence-electron chi connectivity index (χ0n) is 20.8. The summed E-state index contributed by atoms with van der Waals surface area (Å²) in [4.78, 5) is 44.3. The van der Waals surface area contributed by atoms with Crippen molar-refractivity contribution in [2.45, 2.75) is 70.5 Å². The number of likely N-dealkylation sites (tertiary alicyclic amines) is 1. The Hall–Kier alpha value is -2.41. The third-order valence-electron chi connectivity index (χ3n) is 8.53. The molecule has 0 radical (unpaired) electrons. The molecule has 35 heavy (non-hydrogen) atoms. The van der Waals surface area contributed by atoms with Gasteiger partial charge in [0, 0.05) is 45.1 Å². The lowest BCUT2D eigenvalue weighted by molar-refractivity contribution is -0.140. The van der Waals surface area contributed by atoms with E-state index in [2.05, 4.69) is 0 Å². The molecule has 2 aliphatic carbocycles. The summed E-state index contributed by atoms with van der Waals surface area (Å²) in [5.74, 6) is 0.445. The van der Waals surface area contributed by atoms with Crippen molar-refractivity contribution in [3.05, 3.63) is 35.9 Å². The normalized spacial score (nSPS) is 26.3. The highest BCUT2D eigenvalue weighted by Crippen LogP contribution is 2.62. The zero-order chi connectivity index (χ0) is 24.3. The van der Waals surface area contributed by atoms with E-state index < -0.39 is 0 Å². The maximum atomic E-state index is 13.5. The molecular formula is C28H39N3O4. The Morgan fingerprint density at radius 2 is 1.71 bits per heavy atom. The molecule has 0 N–H and O–H groups in total. The Morgan fingerprint density at radius 3 is 2.46 bits per heavy atom. The quantitative estimate of drug-likeness (QED) is 0.572. The van der Waals surface area contributed by atoms with Crippen LogP contribution >= 0.6 is 0 Å². The van der Waals surface area contributed by atoms with Crippen LogP contribution < -0.4 is 0 Å². The van der Waals surface area contributed by atoms with Crippen LogP contribution in [0.4, 0.5) is 0 Å². The number of ether oxygens (including phenoxy) is 1. The average Bonchev–Trinajstić information content (AvgIpc) is 3.45. The number of nitrogens with zero attached hydrogens (tertiary/aromatic N) is 3. The predicted molar refractivity (Wildman–Crippen MR) is 132 cm³/mol. The van der Waals surface area contributed by atoms with E-state index in [9.17, 15) is 14.4 Å². The van der Waals surface area contributed by atoms with Gasteiger partial charge in [-0.1, -0.05) is 49.6 Å². The van der Waals surface area contributed by atoms with Crippen molar-refractivity contribution >= 4 is 17.7 Å². The van der Waals surface area contributed by atoms with Gasteiger partial charge < -0.3 is 19.4 Å². The number of hydrogen-bond donors (Lipinski definition) is 0. The van der Waals surface area contributed by atoms with Crippen LogP contribution in [0.5, 0.6) is 0 Å². The first-order chi connectivity index (χ1) is 17.0. The van der Waals surface area contributed by atoms with Gasteiger partial charge in [0.25, 0.3) is 0 Å². The summed E-state index contributed by atoms with van der Waals surface area (Å²) in [7, 11) is 0. The SMILES string of the molecule is O=C1CCCN1CCCN1C[C@@H](OCc2ccccc2)CN(C(=O)[C@@H]2CC23CCCCC3)CC1=O. The van der Waals surface area contributed by atoms with Gasteiger partial charge in [-0.15, -0.1) is 0 Å². The molecule has 5 rings (SSSR count). The highest BCUT2D eigenvalue weighted by Gasteiger charge is 2.58. The molecule has 3 amide bonds. The zero-order valence-corrected chi connectivity index (χ0v) is 20.8. The third-order valence-corrected chi connectivity index (χ3v) is 8.53. The van der Waals surface area contributed by atoms with Gasteiger partial charge in [-0.2, -0.15) is 0 Å². The van der Waals surface area contributed by atoms with Gasteiger partial charge >= 0.3 is 0 Å². The van der Waals surface area contributed by atoms with E-state index in [-0.39, 0.29) is 41.7 Å². The predicted octanol–water partition coefficient (Wildman–Crippen LogP) is 3.23. The molecule has 190 valence electrons. The number of benzene rings is 1. The van der Waals surface area contributed by atoms with Gasteiger partial charge in [-0.25, -0.2) is 0 Å². The summed E-state index contributed by atoms with van der Waals surface area (Å²) in [5.41, 5.74) is 1.29. The molecule has 2 aliphatic heterocycles. The van der Waals surface area contributed by atoms with Crippen molar-refractivity contribution in [3.8, 4) is 0 Å². The number of amides is 3. The minimum absolute atomic E-state index is 0.00439. The van der Waals surface area contributed by atoms with Gasteiger partial charge in [-0.3, -0.25) is 14.4 Å². The summed E-state index contributed by atoms with van der Waals surface area (Å²) in [6.45, 7) is 3.64. The van der Waals surface area contributed by atoms with Gasteiger partial charge in [0.1, 0.15) is 0 Å². The summed E-state index contributed by atoms with van der Waals surface area (Å²) >= 11 is 0. The number of carbonyl (C=O) groups excluding carboxylic acids is 3. The van der Waals surface area contributed by atoms with Crippen LogP contribution in [-0.2, 0) is 25.7 Å². The Kier molecular flexibility index (Phi) is 7.42. The minimum atomic E-state index is -0.222. The van der Waals surface area contributed by atoms with Crippen molar-refractivity contribution in [2.24, 2.45) is 11.3 Å². The molecule has 1 spiro atoms. The van der Waals surface area contributed by atoms with Gasteiger partial charge in [0.05, 0.1) is 19.3 Å². The molecule has 4 aliphatic rings. The van der Waals surface area contributed by atoms with Gasteiger partial charge in [0.15, 0.2) is 0 Å². The highest BCUT2D eigenvalue weighted by atomic mass is 16.5. The van der Waals surface area contributed by atoms with E-state index in [1.54, 1.807) is 4.90 Å². The van der Waals surface area contributed by atoms with Crippen LogP contribution in [-0.4, -0.2) is 77.8 Å². The first-order valence-electron chi connectivity index (χ1n) is 13.5. The van der Waals surface area contributed by atoms with E-state index in [0.29, 0.717) is 39.2 Å². The monoisotopic (exact) mass is 481 g/mol.